The van der Waals surface area contributed by atoms with Gasteiger partial charge in [0.25, 0.3) is 0 Å². The number of hydrogen-bond acceptors (Lipinski definition) is 3. The molecule has 1 aliphatic heterocycles. The molecule has 100 valence electrons. The van der Waals surface area contributed by atoms with Crippen molar-refractivity contribution in [2.75, 3.05) is 19.7 Å². The molecule has 1 saturated heterocycles. The lowest BCUT2D eigenvalue weighted by molar-refractivity contribution is 0.0122. The van der Waals surface area contributed by atoms with E-state index in [9.17, 15) is 0 Å². The van der Waals surface area contributed by atoms with Crippen LogP contribution in [0.3, 0.4) is 0 Å². The molecule has 3 heteroatoms. The summed E-state index contributed by atoms with van der Waals surface area (Å²) in [6, 6.07) is 12.9. The topological polar surface area (TPSA) is 47.3 Å². The molecule has 2 aromatic rings. The second-order valence-corrected chi connectivity index (χ2v) is 5.25. The molecule has 0 bridgehead atoms. The zero-order valence-corrected chi connectivity index (χ0v) is 11.2. The van der Waals surface area contributed by atoms with Crippen molar-refractivity contribution in [3.05, 3.63) is 47.5 Å². The smallest absolute Gasteiger partial charge is 0.0892 e. The summed E-state index contributed by atoms with van der Waals surface area (Å²) >= 11 is 0. The molecule has 0 aromatic heterocycles. The second-order valence-electron chi connectivity index (χ2n) is 5.25. The third-order valence-electron chi connectivity index (χ3n) is 3.76. The molecule has 19 heavy (non-hydrogen) atoms. The lowest BCUT2D eigenvalue weighted by atomic mass is 9.97. The number of ether oxygens (including phenoxy) is 1. The highest BCUT2D eigenvalue weighted by atomic mass is 16.5. The van der Waals surface area contributed by atoms with Crippen LogP contribution in [0, 0.1) is 6.92 Å². The molecule has 0 saturated carbocycles. The van der Waals surface area contributed by atoms with Crippen molar-refractivity contribution < 1.29 is 4.74 Å². The summed E-state index contributed by atoms with van der Waals surface area (Å²) in [7, 11) is 0. The number of hydrogen-bond donors (Lipinski definition) is 2. The number of benzene rings is 2. The number of rotatable bonds is 2. The van der Waals surface area contributed by atoms with Crippen molar-refractivity contribution in [2.45, 2.75) is 19.1 Å². The minimum absolute atomic E-state index is 0.0663. The number of morpholine rings is 1. The van der Waals surface area contributed by atoms with Crippen molar-refractivity contribution in [1.29, 1.82) is 0 Å². The van der Waals surface area contributed by atoms with E-state index in [1.54, 1.807) is 0 Å². The molecule has 3 nitrogen and oxygen atoms in total. The normalized spacial score (nSPS) is 21.5. The van der Waals surface area contributed by atoms with Gasteiger partial charge in [-0.05, 0) is 29.3 Å². The molecular weight excluding hydrogens is 236 g/mol. The molecule has 0 aliphatic carbocycles. The highest BCUT2D eigenvalue weighted by Crippen LogP contribution is 2.23. The summed E-state index contributed by atoms with van der Waals surface area (Å²) in [6.07, 6.45) is 0.0663. The van der Waals surface area contributed by atoms with Crippen LogP contribution in [-0.4, -0.2) is 25.8 Å². The minimum atomic E-state index is -0.0708. The minimum Gasteiger partial charge on any atom is -0.374 e. The fraction of sp³-hybridized carbons (Fsp3) is 0.375. The van der Waals surface area contributed by atoms with Crippen LogP contribution >= 0.6 is 0 Å². The maximum atomic E-state index is 6.33. The van der Waals surface area contributed by atoms with E-state index in [1.165, 1.54) is 16.3 Å². The third kappa shape index (κ3) is 2.63. The predicted molar refractivity (Wildman–Crippen MR) is 78.2 cm³/mol. The van der Waals surface area contributed by atoms with Crippen molar-refractivity contribution in [3.63, 3.8) is 0 Å². The molecule has 1 aliphatic rings. The van der Waals surface area contributed by atoms with E-state index in [0.29, 0.717) is 0 Å². The van der Waals surface area contributed by atoms with Crippen molar-refractivity contribution in [2.24, 2.45) is 5.73 Å². The van der Waals surface area contributed by atoms with Crippen molar-refractivity contribution in [1.82, 2.24) is 5.32 Å². The summed E-state index contributed by atoms with van der Waals surface area (Å²) in [4.78, 5) is 0. The van der Waals surface area contributed by atoms with Crippen molar-refractivity contribution in [3.8, 4) is 0 Å². The zero-order chi connectivity index (χ0) is 13.2. The van der Waals surface area contributed by atoms with Gasteiger partial charge in [0.1, 0.15) is 0 Å². The Morgan fingerprint density at radius 1 is 1.21 bits per heavy atom. The van der Waals surface area contributed by atoms with Gasteiger partial charge in [0.15, 0.2) is 0 Å². The Morgan fingerprint density at radius 2 is 2.00 bits per heavy atom. The van der Waals surface area contributed by atoms with Crippen LogP contribution in [0.25, 0.3) is 10.8 Å². The Balaban J connectivity index is 1.89. The lowest BCUT2D eigenvalue weighted by Gasteiger charge is -2.29. The first kappa shape index (κ1) is 12.6. The van der Waals surface area contributed by atoms with E-state index in [0.717, 1.165) is 25.3 Å². The van der Waals surface area contributed by atoms with Gasteiger partial charge in [0.05, 0.1) is 18.8 Å². The van der Waals surface area contributed by atoms with Crippen LogP contribution in [0.5, 0.6) is 0 Å². The van der Waals surface area contributed by atoms with Crippen LogP contribution < -0.4 is 11.1 Å². The Morgan fingerprint density at radius 3 is 2.79 bits per heavy atom. The fourth-order valence-corrected chi connectivity index (χ4v) is 2.62. The summed E-state index contributed by atoms with van der Waals surface area (Å²) in [5, 5.41) is 5.83. The van der Waals surface area contributed by atoms with E-state index in [1.807, 2.05) is 0 Å². The highest BCUT2D eigenvalue weighted by Gasteiger charge is 2.22. The van der Waals surface area contributed by atoms with Crippen LogP contribution in [0.2, 0.25) is 0 Å². The Bertz CT molecular complexity index is 576. The average molecular weight is 256 g/mol. The van der Waals surface area contributed by atoms with Gasteiger partial charge in [-0.1, -0.05) is 35.9 Å². The van der Waals surface area contributed by atoms with Crippen molar-refractivity contribution >= 4 is 10.8 Å². The molecule has 2 atom stereocenters. The van der Waals surface area contributed by atoms with Gasteiger partial charge in [-0.3, -0.25) is 0 Å². The Kier molecular flexibility index (Phi) is 3.51. The molecule has 3 rings (SSSR count). The van der Waals surface area contributed by atoms with Gasteiger partial charge < -0.3 is 15.8 Å². The summed E-state index contributed by atoms with van der Waals surface area (Å²) in [6.45, 7) is 4.60. The number of nitrogens with two attached hydrogens (primary N) is 1. The molecule has 0 spiro atoms. The number of nitrogens with one attached hydrogen (secondary N) is 1. The third-order valence-corrected chi connectivity index (χ3v) is 3.76. The van der Waals surface area contributed by atoms with Crippen LogP contribution in [0.1, 0.15) is 17.2 Å². The highest BCUT2D eigenvalue weighted by molar-refractivity contribution is 5.83. The maximum absolute atomic E-state index is 6.33. The SMILES string of the molecule is Cc1ccc2cc(C(N)C3CNCCO3)ccc2c1. The first-order chi connectivity index (χ1) is 9.24. The molecule has 0 amide bonds. The first-order valence-electron chi connectivity index (χ1n) is 6.82. The largest absolute Gasteiger partial charge is 0.374 e. The molecule has 3 N–H and O–H groups in total. The average Bonchev–Trinajstić information content (AvgIpc) is 2.47. The summed E-state index contributed by atoms with van der Waals surface area (Å²) in [5.74, 6) is 0. The maximum Gasteiger partial charge on any atom is 0.0892 e. The van der Waals surface area contributed by atoms with Gasteiger partial charge in [0, 0.05) is 13.1 Å². The van der Waals surface area contributed by atoms with E-state index >= 15 is 0 Å². The van der Waals surface area contributed by atoms with Gasteiger partial charge in [-0.25, -0.2) is 0 Å². The van der Waals surface area contributed by atoms with Gasteiger partial charge in [-0.2, -0.15) is 0 Å². The molecule has 0 radical (unpaired) electrons. The van der Waals surface area contributed by atoms with Gasteiger partial charge in [-0.15, -0.1) is 0 Å². The number of aryl methyl sites for hydroxylation is 1. The van der Waals surface area contributed by atoms with Crippen LogP contribution in [0.15, 0.2) is 36.4 Å². The predicted octanol–water partition coefficient (Wildman–Crippen LogP) is 2.14. The van der Waals surface area contributed by atoms with E-state index < -0.39 is 0 Å². The standard InChI is InChI=1S/C16H20N2O/c1-11-2-3-13-9-14(5-4-12(13)8-11)16(17)15-10-18-6-7-19-15/h2-5,8-9,15-16,18H,6-7,10,17H2,1H3. The van der Waals surface area contributed by atoms with E-state index in [-0.39, 0.29) is 12.1 Å². The van der Waals surface area contributed by atoms with Gasteiger partial charge >= 0.3 is 0 Å². The van der Waals surface area contributed by atoms with Gasteiger partial charge in [0.2, 0.25) is 0 Å². The second kappa shape index (κ2) is 5.29. The zero-order valence-electron chi connectivity index (χ0n) is 11.2. The van der Waals surface area contributed by atoms with E-state index in [2.05, 4.69) is 48.6 Å². The quantitative estimate of drug-likeness (QED) is 0.865. The number of fused-ring (bicyclic) bond motifs is 1. The molecule has 1 heterocycles. The fourth-order valence-electron chi connectivity index (χ4n) is 2.62. The van der Waals surface area contributed by atoms with Crippen LogP contribution in [0.4, 0.5) is 0 Å². The Labute approximate surface area is 113 Å². The van der Waals surface area contributed by atoms with Crippen LogP contribution in [-0.2, 0) is 4.74 Å². The monoisotopic (exact) mass is 256 g/mol. The first-order valence-corrected chi connectivity index (χ1v) is 6.82. The molecule has 1 fully saturated rings. The lowest BCUT2D eigenvalue weighted by Crippen LogP contribution is -2.44. The molecule has 2 unspecified atom stereocenters. The molecular formula is C16H20N2O. The summed E-state index contributed by atoms with van der Waals surface area (Å²) < 4.78 is 5.74. The Hall–Kier alpha value is -1.42. The molecule has 2 aromatic carbocycles. The summed E-state index contributed by atoms with van der Waals surface area (Å²) in [5.41, 5.74) is 8.75. The van der Waals surface area contributed by atoms with E-state index in [4.69, 9.17) is 10.5 Å².